The van der Waals surface area contributed by atoms with Crippen LogP contribution < -0.4 is 9.64 Å². The van der Waals surface area contributed by atoms with Crippen LogP contribution in [0.4, 0.5) is 5.69 Å². The minimum Gasteiger partial charge on any atom is -0.493 e. The number of carboxylic acids is 1. The predicted molar refractivity (Wildman–Crippen MR) is 116 cm³/mol. The van der Waals surface area contributed by atoms with Gasteiger partial charge in [0.15, 0.2) is 0 Å². The highest BCUT2D eigenvalue weighted by atomic mass is 35.5. The molecule has 29 heavy (non-hydrogen) atoms. The largest absolute Gasteiger partial charge is 0.493 e. The van der Waals surface area contributed by atoms with Gasteiger partial charge in [-0.25, -0.2) is 4.98 Å². The van der Waals surface area contributed by atoms with Gasteiger partial charge >= 0.3 is 5.97 Å². The number of aromatic nitrogens is 2. The predicted octanol–water partition coefficient (Wildman–Crippen LogP) is 4.66. The SMILES string of the molecule is Cc1cc(OCCCC(=O)O)cc2c1nc(C)n2Cc1ccc(N(C)C)cc1Cl. The maximum atomic E-state index is 10.7. The zero-order valence-corrected chi connectivity index (χ0v) is 18.0. The van der Waals surface area contributed by atoms with Gasteiger partial charge in [-0.3, -0.25) is 4.79 Å². The van der Waals surface area contributed by atoms with Crippen LogP contribution in [0.5, 0.6) is 5.75 Å². The van der Waals surface area contributed by atoms with E-state index in [2.05, 4.69) is 10.6 Å². The molecule has 154 valence electrons. The summed E-state index contributed by atoms with van der Waals surface area (Å²) in [4.78, 5) is 17.4. The van der Waals surface area contributed by atoms with Crippen molar-refractivity contribution in [2.24, 2.45) is 0 Å². The fourth-order valence-corrected chi connectivity index (χ4v) is 3.52. The van der Waals surface area contributed by atoms with Gasteiger partial charge in [0.1, 0.15) is 11.6 Å². The number of aryl methyl sites for hydroxylation is 2. The minimum atomic E-state index is -0.814. The Morgan fingerprint density at radius 3 is 2.66 bits per heavy atom. The fraction of sp³-hybridized carbons (Fsp3) is 0.364. The van der Waals surface area contributed by atoms with Crippen LogP contribution in [0.3, 0.4) is 0 Å². The molecule has 0 aliphatic carbocycles. The summed E-state index contributed by atoms with van der Waals surface area (Å²) in [6.07, 6.45) is 0.568. The third kappa shape index (κ3) is 4.82. The number of fused-ring (bicyclic) bond motifs is 1. The average Bonchev–Trinajstić information content (AvgIpc) is 2.96. The first-order chi connectivity index (χ1) is 13.8. The lowest BCUT2D eigenvalue weighted by Gasteiger charge is -2.15. The van der Waals surface area contributed by atoms with Crippen molar-refractivity contribution in [2.45, 2.75) is 33.2 Å². The molecule has 1 aromatic heterocycles. The molecule has 7 heteroatoms. The van der Waals surface area contributed by atoms with E-state index < -0.39 is 5.97 Å². The highest BCUT2D eigenvalue weighted by molar-refractivity contribution is 6.31. The molecule has 3 aromatic rings. The summed E-state index contributed by atoms with van der Waals surface area (Å²) >= 11 is 6.53. The molecular weight excluding hydrogens is 390 g/mol. The molecule has 1 N–H and O–H groups in total. The molecule has 3 rings (SSSR count). The van der Waals surface area contributed by atoms with E-state index in [1.165, 1.54) is 0 Å². The highest BCUT2D eigenvalue weighted by Gasteiger charge is 2.14. The van der Waals surface area contributed by atoms with Gasteiger partial charge < -0.3 is 19.3 Å². The van der Waals surface area contributed by atoms with Crippen molar-refractivity contribution in [3.8, 4) is 5.75 Å². The van der Waals surface area contributed by atoms with Crippen LogP contribution in [-0.4, -0.2) is 41.3 Å². The molecule has 6 nitrogen and oxygen atoms in total. The second-order valence-corrected chi connectivity index (χ2v) is 7.78. The van der Waals surface area contributed by atoms with E-state index in [4.69, 9.17) is 26.4 Å². The van der Waals surface area contributed by atoms with Crippen molar-refractivity contribution in [1.29, 1.82) is 0 Å². The summed E-state index contributed by atoms with van der Waals surface area (Å²) < 4.78 is 7.92. The minimum absolute atomic E-state index is 0.0969. The molecule has 0 amide bonds. The van der Waals surface area contributed by atoms with Crippen LogP contribution >= 0.6 is 11.6 Å². The molecular formula is C22H26ClN3O3. The number of ether oxygens (including phenoxy) is 1. The van der Waals surface area contributed by atoms with Gasteiger partial charge in [-0.2, -0.15) is 0 Å². The average molecular weight is 416 g/mol. The van der Waals surface area contributed by atoms with Gasteiger partial charge in [-0.05, 0) is 49.6 Å². The van der Waals surface area contributed by atoms with Gasteiger partial charge in [0.2, 0.25) is 0 Å². The third-order valence-electron chi connectivity index (χ3n) is 4.89. The first-order valence-corrected chi connectivity index (χ1v) is 9.92. The lowest BCUT2D eigenvalue weighted by molar-refractivity contribution is -0.137. The Morgan fingerprint density at radius 2 is 2.00 bits per heavy atom. The Balaban J connectivity index is 1.89. The lowest BCUT2D eigenvalue weighted by atomic mass is 10.1. The maximum absolute atomic E-state index is 10.7. The molecule has 0 unspecified atom stereocenters. The fourth-order valence-electron chi connectivity index (χ4n) is 3.29. The van der Waals surface area contributed by atoms with Crippen molar-refractivity contribution in [3.05, 3.63) is 52.3 Å². The number of carboxylic acid groups (broad SMARTS) is 1. The molecule has 0 fully saturated rings. The highest BCUT2D eigenvalue weighted by Crippen LogP contribution is 2.29. The van der Waals surface area contributed by atoms with Crippen molar-refractivity contribution in [3.63, 3.8) is 0 Å². The number of benzene rings is 2. The second kappa shape index (κ2) is 8.74. The number of carbonyl (C=O) groups is 1. The van der Waals surface area contributed by atoms with Gasteiger partial charge in [-0.15, -0.1) is 0 Å². The number of nitrogens with zero attached hydrogens (tertiary/aromatic N) is 3. The zero-order chi connectivity index (χ0) is 21.1. The molecule has 0 spiro atoms. The standard InChI is InChI=1S/C22H26ClN3O3/c1-14-10-18(29-9-5-6-21(27)28)12-20-22(14)24-15(2)26(20)13-16-7-8-17(25(3)4)11-19(16)23/h7-8,10-12H,5-6,9,13H2,1-4H3,(H,27,28). The quantitative estimate of drug-likeness (QED) is 0.542. The van der Waals surface area contributed by atoms with Crippen LogP contribution in [0.2, 0.25) is 5.02 Å². The Labute approximate surface area is 175 Å². The number of halogens is 1. The monoisotopic (exact) mass is 415 g/mol. The van der Waals surface area contributed by atoms with Crippen molar-refractivity contribution >= 4 is 34.3 Å². The van der Waals surface area contributed by atoms with Gasteiger partial charge in [0.25, 0.3) is 0 Å². The first kappa shape index (κ1) is 21.0. The Hall–Kier alpha value is -2.73. The number of rotatable bonds is 8. The molecule has 0 bridgehead atoms. The van der Waals surface area contributed by atoms with Crippen LogP contribution in [-0.2, 0) is 11.3 Å². The smallest absolute Gasteiger partial charge is 0.303 e. The van der Waals surface area contributed by atoms with Crippen LogP contribution in [0, 0.1) is 13.8 Å². The maximum Gasteiger partial charge on any atom is 0.303 e. The van der Waals surface area contributed by atoms with E-state index in [0.717, 1.165) is 44.4 Å². The van der Waals surface area contributed by atoms with E-state index in [1.54, 1.807) is 0 Å². The van der Waals surface area contributed by atoms with E-state index in [9.17, 15) is 4.79 Å². The van der Waals surface area contributed by atoms with E-state index in [1.807, 2.05) is 57.1 Å². The van der Waals surface area contributed by atoms with E-state index in [-0.39, 0.29) is 6.42 Å². The normalized spacial score (nSPS) is 11.1. The number of hydrogen-bond donors (Lipinski definition) is 1. The molecule has 0 radical (unpaired) electrons. The molecule has 1 heterocycles. The van der Waals surface area contributed by atoms with Gasteiger partial charge in [0.05, 0.1) is 24.2 Å². The Kier molecular flexibility index (Phi) is 6.33. The van der Waals surface area contributed by atoms with Crippen LogP contribution in [0.15, 0.2) is 30.3 Å². The Morgan fingerprint density at radius 1 is 1.24 bits per heavy atom. The summed E-state index contributed by atoms with van der Waals surface area (Å²) in [5.41, 5.74) is 5.00. The lowest BCUT2D eigenvalue weighted by Crippen LogP contribution is -2.09. The van der Waals surface area contributed by atoms with Crippen molar-refractivity contribution in [1.82, 2.24) is 9.55 Å². The zero-order valence-electron chi connectivity index (χ0n) is 17.2. The Bertz CT molecular complexity index is 1040. The number of imidazole rings is 1. The van der Waals surface area contributed by atoms with E-state index in [0.29, 0.717) is 19.6 Å². The molecule has 0 saturated heterocycles. The summed E-state index contributed by atoms with van der Waals surface area (Å²) in [7, 11) is 3.97. The third-order valence-corrected chi connectivity index (χ3v) is 5.25. The summed E-state index contributed by atoms with van der Waals surface area (Å²) in [5.74, 6) is 0.806. The molecule has 0 saturated carbocycles. The van der Waals surface area contributed by atoms with Crippen LogP contribution in [0.25, 0.3) is 11.0 Å². The topological polar surface area (TPSA) is 67.6 Å². The second-order valence-electron chi connectivity index (χ2n) is 7.37. The first-order valence-electron chi connectivity index (χ1n) is 9.54. The molecule has 2 aromatic carbocycles. The molecule has 0 atom stereocenters. The molecule has 0 aliphatic heterocycles. The summed E-state index contributed by atoms with van der Waals surface area (Å²) in [6.45, 7) is 4.95. The van der Waals surface area contributed by atoms with Gasteiger partial charge in [0, 0.05) is 37.3 Å². The summed E-state index contributed by atoms with van der Waals surface area (Å²) in [5, 5.41) is 9.48. The number of anilines is 1. The van der Waals surface area contributed by atoms with Crippen molar-refractivity contribution in [2.75, 3.05) is 25.6 Å². The van der Waals surface area contributed by atoms with Crippen molar-refractivity contribution < 1.29 is 14.6 Å². The van der Waals surface area contributed by atoms with Gasteiger partial charge in [-0.1, -0.05) is 17.7 Å². The van der Waals surface area contributed by atoms with Crippen LogP contribution in [0.1, 0.15) is 29.8 Å². The number of aliphatic carboxylic acids is 1. The van der Waals surface area contributed by atoms with E-state index >= 15 is 0 Å². The molecule has 0 aliphatic rings. The number of hydrogen-bond acceptors (Lipinski definition) is 4. The summed E-state index contributed by atoms with van der Waals surface area (Å²) in [6, 6.07) is 9.97.